The highest BCUT2D eigenvalue weighted by atomic mass is 16.6. The van der Waals surface area contributed by atoms with Crippen molar-refractivity contribution in [2.45, 2.75) is 58.2 Å². The van der Waals surface area contributed by atoms with Gasteiger partial charge < -0.3 is 20.1 Å². The molecule has 2 unspecified atom stereocenters. The van der Waals surface area contributed by atoms with Crippen LogP contribution in [0.2, 0.25) is 0 Å². The van der Waals surface area contributed by atoms with Crippen LogP contribution in [-0.2, 0) is 19.1 Å². The first-order chi connectivity index (χ1) is 9.23. The minimum Gasteiger partial charge on any atom is -0.464 e. The Morgan fingerprint density at radius 1 is 1.35 bits per heavy atom. The summed E-state index contributed by atoms with van der Waals surface area (Å²) >= 11 is 0. The fourth-order valence-corrected chi connectivity index (χ4v) is 1.82. The van der Waals surface area contributed by atoms with Gasteiger partial charge in [-0.2, -0.15) is 0 Å². The van der Waals surface area contributed by atoms with E-state index in [4.69, 9.17) is 9.47 Å². The molecule has 20 heavy (non-hydrogen) atoms. The quantitative estimate of drug-likeness (QED) is 0.746. The van der Waals surface area contributed by atoms with Gasteiger partial charge in [-0.05, 0) is 40.5 Å². The summed E-state index contributed by atoms with van der Waals surface area (Å²) in [6, 6.07) is -1.32. The molecule has 0 saturated carbocycles. The van der Waals surface area contributed by atoms with Crippen LogP contribution in [0.1, 0.15) is 40.5 Å². The topological polar surface area (TPSA) is 93.7 Å². The standard InChI is InChI=1S/C13H22N2O5/c1-5-19-11(17)9-7-6-8(10(16)14-9)15-12(18)20-13(2,3)4/h8-9H,5-7H2,1-4H3,(H,14,16)(H,15,18). The second-order valence-electron chi connectivity index (χ2n) is 5.59. The van der Waals surface area contributed by atoms with Crippen molar-refractivity contribution in [2.75, 3.05) is 6.61 Å². The highest BCUT2D eigenvalue weighted by molar-refractivity contribution is 5.90. The first-order valence-electron chi connectivity index (χ1n) is 6.69. The van der Waals surface area contributed by atoms with Crippen molar-refractivity contribution >= 4 is 18.0 Å². The summed E-state index contributed by atoms with van der Waals surface area (Å²) in [5.41, 5.74) is -0.622. The zero-order valence-electron chi connectivity index (χ0n) is 12.3. The Morgan fingerprint density at radius 3 is 2.50 bits per heavy atom. The largest absolute Gasteiger partial charge is 0.464 e. The van der Waals surface area contributed by atoms with E-state index in [1.165, 1.54) is 0 Å². The van der Waals surface area contributed by atoms with Crippen molar-refractivity contribution < 1.29 is 23.9 Å². The number of hydrogen-bond acceptors (Lipinski definition) is 5. The van der Waals surface area contributed by atoms with Gasteiger partial charge in [0.05, 0.1) is 6.61 Å². The molecule has 1 aliphatic rings. The lowest BCUT2D eigenvalue weighted by atomic mass is 10.0. The number of piperidine rings is 1. The molecule has 0 aromatic heterocycles. The Morgan fingerprint density at radius 2 is 2.00 bits per heavy atom. The van der Waals surface area contributed by atoms with E-state index in [-0.39, 0.29) is 6.61 Å². The van der Waals surface area contributed by atoms with Crippen LogP contribution in [0, 0.1) is 0 Å². The Labute approximate surface area is 118 Å². The number of esters is 1. The van der Waals surface area contributed by atoms with Crippen molar-refractivity contribution in [1.29, 1.82) is 0 Å². The molecule has 0 aliphatic carbocycles. The van der Waals surface area contributed by atoms with Gasteiger partial charge in [0, 0.05) is 0 Å². The molecule has 0 aromatic carbocycles. The molecule has 0 bridgehead atoms. The van der Waals surface area contributed by atoms with Crippen LogP contribution in [0.4, 0.5) is 4.79 Å². The predicted octanol–water partition coefficient (Wildman–Crippen LogP) is 0.721. The second-order valence-corrected chi connectivity index (χ2v) is 5.59. The number of carbonyl (C=O) groups excluding carboxylic acids is 3. The number of carbonyl (C=O) groups is 3. The van der Waals surface area contributed by atoms with E-state index in [1.54, 1.807) is 27.7 Å². The fraction of sp³-hybridized carbons (Fsp3) is 0.769. The van der Waals surface area contributed by atoms with Gasteiger partial charge >= 0.3 is 12.1 Å². The fourth-order valence-electron chi connectivity index (χ4n) is 1.82. The third-order valence-electron chi connectivity index (χ3n) is 2.64. The average molecular weight is 286 g/mol. The summed E-state index contributed by atoms with van der Waals surface area (Å²) in [5.74, 6) is -0.850. The van der Waals surface area contributed by atoms with E-state index in [0.29, 0.717) is 12.8 Å². The van der Waals surface area contributed by atoms with Gasteiger partial charge in [-0.1, -0.05) is 0 Å². The van der Waals surface area contributed by atoms with Crippen molar-refractivity contribution in [3.05, 3.63) is 0 Å². The lowest BCUT2D eigenvalue weighted by molar-refractivity contribution is -0.149. The average Bonchev–Trinajstić information content (AvgIpc) is 2.29. The van der Waals surface area contributed by atoms with Crippen molar-refractivity contribution in [2.24, 2.45) is 0 Å². The van der Waals surface area contributed by atoms with Crippen molar-refractivity contribution in [3.8, 4) is 0 Å². The molecular weight excluding hydrogens is 264 g/mol. The summed E-state index contributed by atoms with van der Waals surface area (Å²) in [7, 11) is 0. The maximum absolute atomic E-state index is 11.8. The van der Waals surface area contributed by atoms with Crippen LogP contribution in [0.5, 0.6) is 0 Å². The monoisotopic (exact) mass is 286 g/mol. The normalized spacial score (nSPS) is 22.7. The Bertz CT molecular complexity index is 389. The first-order valence-corrected chi connectivity index (χ1v) is 6.69. The van der Waals surface area contributed by atoms with Crippen LogP contribution in [0.25, 0.3) is 0 Å². The molecule has 0 radical (unpaired) electrons. The zero-order valence-corrected chi connectivity index (χ0v) is 12.3. The Kier molecular flexibility index (Phi) is 5.35. The number of rotatable bonds is 3. The van der Waals surface area contributed by atoms with Gasteiger partial charge in [0.15, 0.2) is 0 Å². The molecule has 1 heterocycles. The molecule has 2 amide bonds. The SMILES string of the molecule is CCOC(=O)C1CCC(NC(=O)OC(C)(C)C)C(=O)N1. The zero-order chi connectivity index (χ0) is 15.3. The number of nitrogens with one attached hydrogen (secondary N) is 2. The second kappa shape index (κ2) is 6.58. The number of amides is 2. The molecule has 7 heteroatoms. The van der Waals surface area contributed by atoms with E-state index in [2.05, 4.69) is 10.6 Å². The first kappa shape index (κ1) is 16.3. The van der Waals surface area contributed by atoms with Gasteiger partial charge in [0.2, 0.25) is 5.91 Å². The molecule has 7 nitrogen and oxygen atoms in total. The van der Waals surface area contributed by atoms with E-state index in [9.17, 15) is 14.4 Å². The Balaban J connectivity index is 2.47. The van der Waals surface area contributed by atoms with Crippen molar-refractivity contribution in [3.63, 3.8) is 0 Å². The number of hydrogen-bond donors (Lipinski definition) is 2. The number of ether oxygens (including phenoxy) is 2. The summed E-state index contributed by atoms with van der Waals surface area (Å²) in [5, 5.41) is 5.03. The van der Waals surface area contributed by atoms with E-state index in [1.807, 2.05) is 0 Å². The highest BCUT2D eigenvalue weighted by Gasteiger charge is 2.34. The molecule has 2 N–H and O–H groups in total. The van der Waals surface area contributed by atoms with Crippen molar-refractivity contribution in [1.82, 2.24) is 10.6 Å². The Hall–Kier alpha value is -1.79. The van der Waals surface area contributed by atoms with Gasteiger partial charge in [0.25, 0.3) is 0 Å². The highest BCUT2D eigenvalue weighted by Crippen LogP contribution is 2.12. The van der Waals surface area contributed by atoms with E-state index >= 15 is 0 Å². The van der Waals surface area contributed by atoms with Crippen LogP contribution >= 0.6 is 0 Å². The van der Waals surface area contributed by atoms with E-state index < -0.39 is 35.7 Å². The molecule has 114 valence electrons. The third kappa shape index (κ3) is 5.07. The van der Waals surface area contributed by atoms with Crippen LogP contribution in [0.15, 0.2) is 0 Å². The molecule has 1 saturated heterocycles. The molecule has 2 atom stereocenters. The van der Waals surface area contributed by atoms with Crippen LogP contribution in [-0.4, -0.2) is 42.3 Å². The summed E-state index contributed by atoms with van der Waals surface area (Å²) in [4.78, 5) is 34.9. The van der Waals surface area contributed by atoms with Gasteiger partial charge in [-0.15, -0.1) is 0 Å². The minimum absolute atomic E-state index is 0.269. The summed E-state index contributed by atoms with van der Waals surface area (Å²) in [6.45, 7) is 7.19. The van der Waals surface area contributed by atoms with Gasteiger partial charge in [-0.3, -0.25) is 4.79 Å². The lowest BCUT2D eigenvalue weighted by Crippen LogP contribution is -2.56. The van der Waals surface area contributed by atoms with Crippen LogP contribution < -0.4 is 10.6 Å². The summed E-state index contributed by atoms with van der Waals surface area (Å²) < 4.78 is 9.93. The predicted molar refractivity (Wildman–Crippen MR) is 71.0 cm³/mol. The van der Waals surface area contributed by atoms with E-state index in [0.717, 1.165) is 0 Å². The molecule has 1 fully saturated rings. The molecular formula is C13H22N2O5. The third-order valence-corrected chi connectivity index (χ3v) is 2.64. The minimum atomic E-state index is -0.685. The smallest absolute Gasteiger partial charge is 0.408 e. The van der Waals surface area contributed by atoms with Gasteiger partial charge in [0.1, 0.15) is 17.7 Å². The number of alkyl carbamates (subject to hydrolysis) is 1. The maximum Gasteiger partial charge on any atom is 0.408 e. The molecule has 1 aliphatic heterocycles. The van der Waals surface area contributed by atoms with Gasteiger partial charge in [-0.25, -0.2) is 9.59 Å². The molecule has 0 spiro atoms. The van der Waals surface area contributed by atoms with Crippen LogP contribution in [0.3, 0.4) is 0 Å². The maximum atomic E-state index is 11.8. The lowest BCUT2D eigenvalue weighted by Gasteiger charge is -2.29. The molecule has 1 rings (SSSR count). The summed E-state index contributed by atoms with van der Waals surface area (Å²) in [6.07, 6.45) is 0.145. The molecule has 0 aromatic rings.